The summed E-state index contributed by atoms with van der Waals surface area (Å²) in [5.41, 5.74) is 2.47. The summed E-state index contributed by atoms with van der Waals surface area (Å²) in [6.07, 6.45) is 1.63. The Hall–Kier alpha value is -2.10. The van der Waals surface area contributed by atoms with E-state index < -0.39 is 5.97 Å². The van der Waals surface area contributed by atoms with Gasteiger partial charge in [-0.05, 0) is 30.0 Å². The van der Waals surface area contributed by atoms with Gasteiger partial charge in [-0.25, -0.2) is 0 Å². The third-order valence-corrected chi connectivity index (χ3v) is 3.43. The van der Waals surface area contributed by atoms with Gasteiger partial charge in [0.05, 0.1) is 0 Å². The summed E-state index contributed by atoms with van der Waals surface area (Å²) in [6.45, 7) is 7.68. The molecule has 0 aliphatic carbocycles. The Labute approximate surface area is 118 Å². The van der Waals surface area contributed by atoms with E-state index in [1.54, 1.807) is 10.8 Å². The van der Waals surface area contributed by atoms with Crippen LogP contribution in [0.15, 0.2) is 24.4 Å². The summed E-state index contributed by atoms with van der Waals surface area (Å²) < 4.78 is 1.61. The average Bonchev–Trinajstić information content (AvgIpc) is 2.66. The molecule has 0 bridgehead atoms. The molecule has 0 saturated heterocycles. The van der Waals surface area contributed by atoms with Crippen LogP contribution in [-0.4, -0.2) is 21.4 Å². The van der Waals surface area contributed by atoms with Crippen molar-refractivity contribution in [3.63, 3.8) is 0 Å². The van der Waals surface area contributed by atoms with Crippen molar-refractivity contribution in [1.82, 2.24) is 4.57 Å². The highest BCUT2D eigenvalue weighted by molar-refractivity contribution is 6.07. The Kier molecular flexibility index (Phi) is 3.42. The lowest BCUT2D eigenvalue weighted by atomic mass is 9.86. The first-order valence-electron chi connectivity index (χ1n) is 6.56. The van der Waals surface area contributed by atoms with Gasteiger partial charge in [0.15, 0.2) is 5.78 Å². The number of fused-ring (bicyclic) bond motifs is 1. The maximum Gasteiger partial charge on any atom is 0.323 e. The van der Waals surface area contributed by atoms with Crippen molar-refractivity contribution < 1.29 is 14.7 Å². The van der Waals surface area contributed by atoms with Crippen LogP contribution in [0, 0.1) is 0 Å². The van der Waals surface area contributed by atoms with Crippen LogP contribution in [0.4, 0.5) is 0 Å². The molecule has 0 atom stereocenters. The third-order valence-electron chi connectivity index (χ3n) is 3.43. The van der Waals surface area contributed by atoms with E-state index in [-0.39, 0.29) is 17.7 Å². The van der Waals surface area contributed by atoms with Crippen LogP contribution in [0.5, 0.6) is 0 Å². The lowest BCUT2D eigenvalue weighted by Gasteiger charge is -2.19. The Bertz CT molecular complexity index is 690. The highest BCUT2D eigenvalue weighted by Gasteiger charge is 2.18. The number of benzene rings is 1. The minimum Gasteiger partial charge on any atom is -0.480 e. The second-order valence-electron chi connectivity index (χ2n) is 6.10. The van der Waals surface area contributed by atoms with Gasteiger partial charge in [0, 0.05) is 22.7 Å². The Morgan fingerprint density at radius 3 is 2.40 bits per heavy atom. The van der Waals surface area contributed by atoms with Crippen molar-refractivity contribution in [2.75, 3.05) is 0 Å². The zero-order valence-corrected chi connectivity index (χ0v) is 12.2. The second kappa shape index (κ2) is 4.78. The van der Waals surface area contributed by atoms with Crippen LogP contribution in [0.1, 0.15) is 43.6 Å². The molecular formula is C16H19NO3. The summed E-state index contributed by atoms with van der Waals surface area (Å²) in [7, 11) is 0. The number of hydrogen-bond donors (Lipinski definition) is 1. The van der Waals surface area contributed by atoms with Crippen LogP contribution in [0.25, 0.3) is 10.9 Å². The first kappa shape index (κ1) is 14.3. The molecule has 1 aromatic carbocycles. The van der Waals surface area contributed by atoms with E-state index in [0.717, 1.165) is 16.5 Å². The monoisotopic (exact) mass is 273 g/mol. The predicted octanol–water partition coefficient (Wildman–Crippen LogP) is 3.23. The van der Waals surface area contributed by atoms with Crippen LogP contribution in [-0.2, 0) is 16.8 Å². The molecule has 0 spiro atoms. The number of aliphatic carboxylic acids is 1. The Morgan fingerprint density at radius 2 is 1.90 bits per heavy atom. The molecule has 0 amide bonds. The minimum absolute atomic E-state index is 0.0167. The SMILES string of the molecule is CC(=O)c1cn(CC(=O)O)c2ccc(C(C)(C)C)cc12. The molecule has 2 rings (SSSR count). The van der Waals surface area contributed by atoms with Crippen LogP contribution < -0.4 is 0 Å². The Morgan fingerprint density at radius 1 is 1.25 bits per heavy atom. The fourth-order valence-corrected chi connectivity index (χ4v) is 2.32. The number of carboxylic acids is 1. The van der Waals surface area contributed by atoms with Crippen molar-refractivity contribution in [1.29, 1.82) is 0 Å². The Balaban J connectivity index is 2.70. The number of carbonyl (C=O) groups excluding carboxylic acids is 1. The number of Topliss-reactive ketones (excluding diaryl/α,β-unsaturated/α-hetero) is 1. The van der Waals surface area contributed by atoms with Gasteiger partial charge in [-0.2, -0.15) is 0 Å². The molecule has 0 aliphatic heterocycles. The van der Waals surface area contributed by atoms with Crippen LogP contribution in [0.2, 0.25) is 0 Å². The number of carboxylic acid groups (broad SMARTS) is 1. The van der Waals surface area contributed by atoms with E-state index >= 15 is 0 Å². The van der Waals surface area contributed by atoms with Gasteiger partial charge in [-0.1, -0.05) is 26.8 Å². The highest BCUT2D eigenvalue weighted by atomic mass is 16.4. The summed E-state index contributed by atoms with van der Waals surface area (Å²) >= 11 is 0. The number of hydrogen-bond acceptors (Lipinski definition) is 2. The van der Waals surface area contributed by atoms with Gasteiger partial charge in [-0.15, -0.1) is 0 Å². The summed E-state index contributed by atoms with van der Waals surface area (Å²) in [4.78, 5) is 22.7. The maximum absolute atomic E-state index is 11.8. The zero-order chi connectivity index (χ0) is 15.1. The van der Waals surface area contributed by atoms with Gasteiger partial charge in [-0.3, -0.25) is 9.59 Å². The molecular weight excluding hydrogens is 254 g/mol. The second-order valence-corrected chi connectivity index (χ2v) is 6.10. The topological polar surface area (TPSA) is 59.3 Å². The molecule has 106 valence electrons. The van der Waals surface area contributed by atoms with Gasteiger partial charge in [0.1, 0.15) is 6.54 Å². The third kappa shape index (κ3) is 2.59. The quantitative estimate of drug-likeness (QED) is 0.873. The molecule has 0 radical (unpaired) electrons. The van der Waals surface area contributed by atoms with E-state index in [0.29, 0.717) is 5.56 Å². The van der Waals surface area contributed by atoms with E-state index in [9.17, 15) is 9.59 Å². The molecule has 1 N–H and O–H groups in total. The summed E-state index contributed by atoms with van der Waals surface area (Å²) in [6, 6.07) is 5.88. The number of nitrogens with zero attached hydrogens (tertiary/aromatic N) is 1. The summed E-state index contributed by atoms with van der Waals surface area (Å²) in [5.74, 6) is -0.970. The van der Waals surface area contributed by atoms with Crippen molar-refractivity contribution in [3.05, 3.63) is 35.5 Å². The van der Waals surface area contributed by atoms with Crippen molar-refractivity contribution in [3.8, 4) is 0 Å². The molecule has 1 heterocycles. The fraction of sp³-hybridized carbons (Fsp3) is 0.375. The molecule has 0 unspecified atom stereocenters. The molecule has 4 heteroatoms. The van der Waals surface area contributed by atoms with Gasteiger partial charge >= 0.3 is 5.97 Å². The molecule has 20 heavy (non-hydrogen) atoms. The average molecular weight is 273 g/mol. The predicted molar refractivity (Wildman–Crippen MR) is 78.3 cm³/mol. The fourth-order valence-electron chi connectivity index (χ4n) is 2.32. The number of carbonyl (C=O) groups is 2. The highest BCUT2D eigenvalue weighted by Crippen LogP contribution is 2.29. The van der Waals surface area contributed by atoms with Gasteiger partial charge in [0.25, 0.3) is 0 Å². The molecule has 0 fully saturated rings. The van der Waals surface area contributed by atoms with Crippen LogP contribution >= 0.6 is 0 Å². The van der Waals surface area contributed by atoms with Gasteiger partial charge < -0.3 is 9.67 Å². The smallest absolute Gasteiger partial charge is 0.323 e. The van der Waals surface area contributed by atoms with Gasteiger partial charge in [0.2, 0.25) is 0 Å². The molecule has 0 aliphatic rings. The van der Waals surface area contributed by atoms with E-state index in [1.807, 2.05) is 18.2 Å². The lowest BCUT2D eigenvalue weighted by Crippen LogP contribution is -2.11. The maximum atomic E-state index is 11.8. The summed E-state index contributed by atoms with van der Waals surface area (Å²) in [5, 5.41) is 9.78. The lowest BCUT2D eigenvalue weighted by molar-refractivity contribution is -0.137. The number of rotatable bonds is 3. The number of aromatic nitrogens is 1. The van der Waals surface area contributed by atoms with Crippen LogP contribution in [0.3, 0.4) is 0 Å². The van der Waals surface area contributed by atoms with E-state index in [2.05, 4.69) is 20.8 Å². The minimum atomic E-state index is -0.920. The molecule has 0 saturated carbocycles. The van der Waals surface area contributed by atoms with Crippen molar-refractivity contribution in [2.24, 2.45) is 0 Å². The number of ketones is 1. The van der Waals surface area contributed by atoms with E-state index in [1.165, 1.54) is 6.92 Å². The first-order valence-corrected chi connectivity index (χ1v) is 6.56. The van der Waals surface area contributed by atoms with Crippen molar-refractivity contribution in [2.45, 2.75) is 39.7 Å². The molecule has 1 aromatic heterocycles. The normalized spacial score (nSPS) is 11.8. The molecule has 4 nitrogen and oxygen atoms in total. The first-order chi connectivity index (χ1) is 9.20. The van der Waals surface area contributed by atoms with E-state index in [4.69, 9.17) is 5.11 Å². The zero-order valence-electron chi connectivity index (χ0n) is 12.2. The van der Waals surface area contributed by atoms with Crippen molar-refractivity contribution >= 4 is 22.7 Å². The standard InChI is InChI=1S/C16H19NO3/c1-10(18)13-8-17(9-15(19)20)14-6-5-11(7-12(13)14)16(2,3)4/h5-8H,9H2,1-4H3,(H,19,20). The molecule has 2 aromatic rings. The largest absolute Gasteiger partial charge is 0.480 e.